The number of aryl methyl sites for hydroxylation is 1. The van der Waals surface area contributed by atoms with Gasteiger partial charge in [0.25, 0.3) is 0 Å². The number of benzene rings is 2. The minimum Gasteiger partial charge on any atom is -0.376 e. The van der Waals surface area contributed by atoms with E-state index in [9.17, 15) is 13.2 Å². The molecule has 1 heterocycles. The highest BCUT2D eigenvalue weighted by molar-refractivity contribution is 7.89. The van der Waals surface area contributed by atoms with Crippen LogP contribution >= 0.6 is 0 Å². The summed E-state index contributed by atoms with van der Waals surface area (Å²) in [5, 5.41) is 6.21. The van der Waals surface area contributed by atoms with Crippen molar-refractivity contribution in [2.75, 3.05) is 25.0 Å². The van der Waals surface area contributed by atoms with Gasteiger partial charge in [-0.25, -0.2) is 8.42 Å². The zero-order valence-electron chi connectivity index (χ0n) is 17.8. The van der Waals surface area contributed by atoms with Gasteiger partial charge in [-0.2, -0.15) is 4.31 Å². The van der Waals surface area contributed by atoms with E-state index in [1.54, 1.807) is 28.6 Å². The molecule has 0 saturated carbocycles. The van der Waals surface area contributed by atoms with Crippen LogP contribution in [-0.4, -0.2) is 38.3 Å². The van der Waals surface area contributed by atoms with Gasteiger partial charge in [0, 0.05) is 18.8 Å². The second kappa shape index (κ2) is 9.83. The maximum atomic E-state index is 13.0. The normalized spacial score (nSPS) is 19.8. The molecule has 2 aromatic rings. The van der Waals surface area contributed by atoms with E-state index in [1.165, 1.54) is 11.1 Å². The molecule has 0 spiro atoms. The Hall–Kier alpha value is -2.38. The molecule has 1 amide bonds. The van der Waals surface area contributed by atoms with Crippen molar-refractivity contribution in [1.82, 2.24) is 9.62 Å². The second-order valence-electron chi connectivity index (χ2n) is 8.41. The van der Waals surface area contributed by atoms with Crippen LogP contribution in [0.5, 0.6) is 0 Å². The van der Waals surface area contributed by atoms with Crippen LogP contribution in [0.4, 0.5) is 5.69 Å². The number of hydrogen-bond donors (Lipinski definition) is 2. The predicted octanol–water partition coefficient (Wildman–Crippen LogP) is 3.86. The van der Waals surface area contributed by atoms with Crippen LogP contribution in [0.1, 0.15) is 55.7 Å². The number of fused-ring (bicyclic) bond motifs is 1. The molecule has 2 aromatic carbocycles. The summed E-state index contributed by atoms with van der Waals surface area (Å²) in [6.45, 7) is 1.25. The predicted molar refractivity (Wildman–Crippen MR) is 122 cm³/mol. The van der Waals surface area contributed by atoms with Crippen LogP contribution < -0.4 is 10.6 Å². The molecule has 31 heavy (non-hydrogen) atoms. The number of nitrogens with zero attached hydrogens (tertiary/aromatic N) is 1. The van der Waals surface area contributed by atoms with Crippen LogP contribution in [0.15, 0.2) is 53.4 Å². The zero-order chi connectivity index (χ0) is 21.7. The average molecular weight is 442 g/mol. The van der Waals surface area contributed by atoms with Gasteiger partial charge < -0.3 is 10.6 Å². The van der Waals surface area contributed by atoms with Gasteiger partial charge in [0.1, 0.15) is 0 Å². The standard InChI is InChI=1S/C24H31N3O3S/c28-24(26-23-14-7-10-19-9-3-4-13-22(19)23)18-25-20-11-8-12-21(17-20)31(29,30)27-15-5-1-2-6-16-27/h3-4,8-9,11-13,17,23,25H,1-2,5-7,10,14-16,18H2,(H,26,28)/t23-/m1/s1. The summed E-state index contributed by atoms with van der Waals surface area (Å²) in [4.78, 5) is 12.8. The van der Waals surface area contributed by atoms with Crippen molar-refractivity contribution in [3.63, 3.8) is 0 Å². The topological polar surface area (TPSA) is 78.5 Å². The van der Waals surface area contributed by atoms with Crippen molar-refractivity contribution >= 4 is 21.6 Å². The molecule has 1 saturated heterocycles. The Balaban J connectivity index is 1.38. The summed E-state index contributed by atoms with van der Waals surface area (Å²) in [6, 6.07) is 15.1. The molecule has 2 N–H and O–H groups in total. The first-order chi connectivity index (χ1) is 15.0. The van der Waals surface area contributed by atoms with Gasteiger partial charge in [-0.15, -0.1) is 0 Å². The van der Waals surface area contributed by atoms with E-state index >= 15 is 0 Å². The molecule has 2 aliphatic rings. The third kappa shape index (κ3) is 5.28. The van der Waals surface area contributed by atoms with Crippen molar-refractivity contribution < 1.29 is 13.2 Å². The van der Waals surface area contributed by atoms with Gasteiger partial charge in [-0.1, -0.05) is 43.2 Å². The van der Waals surface area contributed by atoms with Gasteiger partial charge in [-0.3, -0.25) is 4.79 Å². The number of anilines is 1. The van der Waals surface area contributed by atoms with Crippen molar-refractivity contribution in [2.24, 2.45) is 0 Å². The number of carbonyl (C=O) groups excluding carboxylic acids is 1. The van der Waals surface area contributed by atoms with E-state index in [0.717, 1.165) is 44.9 Å². The highest BCUT2D eigenvalue weighted by atomic mass is 32.2. The fourth-order valence-corrected chi connectivity index (χ4v) is 6.09. The number of rotatable bonds is 6. The minimum atomic E-state index is -3.51. The third-order valence-electron chi connectivity index (χ3n) is 6.19. The SMILES string of the molecule is O=C(CNc1cccc(S(=O)(=O)N2CCCCCC2)c1)N[C@@H]1CCCc2ccccc21. The summed E-state index contributed by atoms with van der Waals surface area (Å²) in [5.74, 6) is -0.0949. The monoisotopic (exact) mass is 441 g/mol. The fourth-order valence-electron chi connectivity index (χ4n) is 4.53. The molecule has 6 nitrogen and oxygen atoms in total. The molecule has 4 rings (SSSR count). The Kier molecular flexibility index (Phi) is 6.92. The molecule has 166 valence electrons. The smallest absolute Gasteiger partial charge is 0.243 e. The molecule has 0 radical (unpaired) electrons. The molecule has 1 atom stereocenters. The Morgan fingerprint density at radius 2 is 1.74 bits per heavy atom. The van der Waals surface area contributed by atoms with Gasteiger partial charge in [0.15, 0.2) is 0 Å². The van der Waals surface area contributed by atoms with Crippen LogP contribution in [0.25, 0.3) is 0 Å². The van der Waals surface area contributed by atoms with Crippen LogP contribution in [0, 0.1) is 0 Å². The summed E-state index contributed by atoms with van der Waals surface area (Å²) >= 11 is 0. The lowest BCUT2D eigenvalue weighted by molar-refractivity contribution is -0.120. The molecular formula is C24H31N3O3S. The first-order valence-corrected chi connectivity index (χ1v) is 12.7. The molecule has 1 aliphatic heterocycles. The molecular weight excluding hydrogens is 410 g/mol. The average Bonchev–Trinajstić information content (AvgIpc) is 3.08. The van der Waals surface area contributed by atoms with Crippen LogP contribution in [0.2, 0.25) is 0 Å². The quantitative estimate of drug-likeness (QED) is 0.714. The number of nitrogens with one attached hydrogen (secondary N) is 2. The zero-order valence-corrected chi connectivity index (χ0v) is 18.7. The van der Waals surface area contributed by atoms with Crippen LogP contribution in [0.3, 0.4) is 0 Å². The Labute approximate surface area is 185 Å². The minimum absolute atomic E-state index is 0.0361. The maximum Gasteiger partial charge on any atom is 0.243 e. The molecule has 1 fully saturated rings. The lowest BCUT2D eigenvalue weighted by Crippen LogP contribution is -2.35. The third-order valence-corrected chi connectivity index (χ3v) is 8.09. The van der Waals surface area contributed by atoms with Gasteiger partial charge in [0.05, 0.1) is 17.5 Å². The Bertz CT molecular complexity index is 1010. The Morgan fingerprint density at radius 1 is 0.968 bits per heavy atom. The lowest BCUT2D eigenvalue weighted by atomic mass is 9.88. The Morgan fingerprint density at radius 3 is 2.55 bits per heavy atom. The van der Waals surface area contributed by atoms with Crippen molar-refractivity contribution in [2.45, 2.75) is 55.9 Å². The summed E-state index contributed by atoms with van der Waals surface area (Å²) < 4.78 is 27.6. The largest absolute Gasteiger partial charge is 0.376 e. The number of carbonyl (C=O) groups is 1. The van der Waals surface area contributed by atoms with Crippen molar-refractivity contribution in [1.29, 1.82) is 0 Å². The van der Waals surface area contributed by atoms with Gasteiger partial charge in [-0.05, 0) is 61.4 Å². The molecule has 1 aliphatic carbocycles. The van der Waals surface area contributed by atoms with E-state index < -0.39 is 10.0 Å². The number of amides is 1. The van der Waals surface area contributed by atoms with E-state index in [2.05, 4.69) is 22.8 Å². The molecule has 0 aromatic heterocycles. The van der Waals surface area contributed by atoms with E-state index in [4.69, 9.17) is 0 Å². The first-order valence-electron chi connectivity index (χ1n) is 11.3. The summed E-state index contributed by atoms with van der Waals surface area (Å²) in [5.41, 5.74) is 3.14. The highest BCUT2D eigenvalue weighted by Crippen LogP contribution is 2.29. The number of sulfonamides is 1. The van der Waals surface area contributed by atoms with Crippen LogP contribution in [-0.2, 0) is 21.2 Å². The lowest BCUT2D eigenvalue weighted by Gasteiger charge is -2.26. The van der Waals surface area contributed by atoms with Crippen molar-refractivity contribution in [3.8, 4) is 0 Å². The van der Waals surface area contributed by atoms with E-state index in [1.807, 2.05) is 12.1 Å². The maximum absolute atomic E-state index is 13.0. The molecule has 0 bridgehead atoms. The summed E-state index contributed by atoms with van der Waals surface area (Å²) in [6.07, 6.45) is 7.02. The van der Waals surface area contributed by atoms with E-state index in [0.29, 0.717) is 18.8 Å². The van der Waals surface area contributed by atoms with Gasteiger partial charge in [0.2, 0.25) is 15.9 Å². The fraction of sp³-hybridized carbons (Fsp3) is 0.458. The first kappa shape index (κ1) is 21.8. The second-order valence-corrected chi connectivity index (χ2v) is 10.3. The number of hydrogen-bond acceptors (Lipinski definition) is 4. The van der Waals surface area contributed by atoms with Crippen molar-refractivity contribution in [3.05, 3.63) is 59.7 Å². The molecule has 0 unspecified atom stereocenters. The molecule has 7 heteroatoms. The highest BCUT2D eigenvalue weighted by Gasteiger charge is 2.25. The van der Waals surface area contributed by atoms with Gasteiger partial charge >= 0.3 is 0 Å². The van der Waals surface area contributed by atoms with E-state index in [-0.39, 0.29) is 23.4 Å². The summed E-state index contributed by atoms with van der Waals surface area (Å²) in [7, 11) is -3.51.